The van der Waals surface area contributed by atoms with Crippen LogP contribution in [0.15, 0.2) is 34.5 Å². The van der Waals surface area contributed by atoms with Crippen LogP contribution in [0.5, 0.6) is 0 Å². The predicted molar refractivity (Wildman–Crippen MR) is 69.0 cm³/mol. The first-order valence-electron chi connectivity index (χ1n) is 4.70. The third-order valence-electron chi connectivity index (χ3n) is 1.92. The summed E-state index contributed by atoms with van der Waals surface area (Å²) in [6.07, 6.45) is 0. The zero-order valence-corrected chi connectivity index (χ0v) is 10.8. The Morgan fingerprint density at radius 3 is 3.00 bits per heavy atom. The normalized spacial score (nSPS) is 10.6. The monoisotopic (exact) mass is 271 g/mol. The van der Waals surface area contributed by atoms with Gasteiger partial charge in [0.15, 0.2) is 0 Å². The van der Waals surface area contributed by atoms with Crippen LogP contribution in [0.2, 0.25) is 5.02 Å². The van der Waals surface area contributed by atoms with Gasteiger partial charge in [0.2, 0.25) is 0 Å². The molecule has 1 heterocycles. The Balaban J connectivity index is 1.96. The molecule has 0 amide bonds. The van der Waals surface area contributed by atoms with Crippen molar-refractivity contribution in [3.05, 3.63) is 45.4 Å². The number of rotatable bonds is 4. The average molecular weight is 272 g/mol. The zero-order chi connectivity index (χ0) is 11.4. The Bertz CT molecular complexity index is 473. The van der Waals surface area contributed by atoms with E-state index in [-0.39, 0.29) is 6.61 Å². The zero-order valence-electron chi connectivity index (χ0n) is 8.39. The number of hydrogen-bond donors (Lipinski definition) is 1. The van der Waals surface area contributed by atoms with Crippen molar-refractivity contribution in [2.24, 2.45) is 0 Å². The lowest BCUT2D eigenvalue weighted by molar-refractivity contribution is 0.277. The molecule has 0 radical (unpaired) electrons. The molecule has 0 aliphatic carbocycles. The molecule has 2 aromatic rings. The van der Waals surface area contributed by atoms with Crippen molar-refractivity contribution in [3.63, 3.8) is 0 Å². The molecule has 0 unspecified atom stereocenters. The number of aliphatic hydroxyl groups excluding tert-OH is 1. The van der Waals surface area contributed by atoms with E-state index in [0.717, 1.165) is 26.4 Å². The molecule has 0 saturated heterocycles. The van der Waals surface area contributed by atoms with E-state index in [9.17, 15) is 0 Å². The van der Waals surface area contributed by atoms with Crippen LogP contribution in [0.25, 0.3) is 0 Å². The van der Waals surface area contributed by atoms with E-state index in [4.69, 9.17) is 16.7 Å². The molecule has 1 aromatic heterocycles. The summed E-state index contributed by atoms with van der Waals surface area (Å²) in [6.45, 7) is 0.0122. The Kier molecular flexibility index (Phi) is 4.23. The standard InChI is InChI=1S/C11H10ClNOS2/c12-8-2-1-3-10(4-8)15-7-11-13-9(5-14)6-16-11/h1-4,6,14H,5,7H2. The molecule has 0 saturated carbocycles. The highest BCUT2D eigenvalue weighted by molar-refractivity contribution is 7.98. The maximum absolute atomic E-state index is 8.89. The molecule has 5 heteroatoms. The van der Waals surface area contributed by atoms with Gasteiger partial charge in [0.05, 0.1) is 18.1 Å². The average Bonchev–Trinajstić information content (AvgIpc) is 2.74. The topological polar surface area (TPSA) is 33.1 Å². The summed E-state index contributed by atoms with van der Waals surface area (Å²) in [4.78, 5) is 5.41. The summed E-state index contributed by atoms with van der Waals surface area (Å²) < 4.78 is 0. The molecule has 0 aliphatic rings. The van der Waals surface area contributed by atoms with E-state index < -0.39 is 0 Å². The highest BCUT2D eigenvalue weighted by atomic mass is 35.5. The van der Waals surface area contributed by atoms with Gasteiger partial charge in [0.25, 0.3) is 0 Å². The van der Waals surface area contributed by atoms with Crippen molar-refractivity contribution in [3.8, 4) is 0 Å². The predicted octanol–water partition coefficient (Wildman–Crippen LogP) is 3.58. The Hall–Kier alpha value is -0.550. The lowest BCUT2D eigenvalue weighted by atomic mass is 10.4. The first kappa shape index (κ1) is 11.9. The van der Waals surface area contributed by atoms with E-state index in [1.54, 1.807) is 23.1 Å². The van der Waals surface area contributed by atoms with Crippen LogP contribution in [0.3, 0.4) is 0 Å². The smallest absolute Gasteiger partial charge is 0.103 e. The molecule has 2 nitrogen and oxygen atoms in total. The summed E-state index contributed by atoms with van der Waals surface area (Å²) in [5, 5.41) is 12.5. The summed E-state index contributed by atoms with van der Waals surface area (Å²) in [5.41, 5.74) is 0.742. The summed E-state index contributed by atoms with van der Waals surface area (Å²) in [5.74, 6) is 0.811. The number of benzene rings is 1. The molecule has 0 fully saturated rings. The number of thioether (sulfide) groups is 1. The lowest BCUT2D eigenvalue weighted by Crippen LogP contribution is -1.84. The fourth-order valence-electron chi connectivity index (χ4n) is 1.19. The molecule has 0 aliphatic heterocycles. The van der Waals surface area contributed by atoms with Gasteiger partial charge in [-0.3, -0.25) is 0 Å². The molecule has 0 atom stereocenters. The molecule has 16 heavy (non-hydrogen) atoms. The van der Waals surface area contributed by atoms with Crippen LogP contribution in [-0.2, 0) is 12.4 Å². The van der Waals surface area contributed by atoms with Gasteiger partial charge in [-0.05, 0) is 18.2 Å². The number of thiazole rings is 1. The van der Waals surface area contributed by atoms with Gasteiger partial charge >= 0.3 is 0 Å². The maximum Gasteiger partial charge on any atom is 0.103 e. The first-order chi connectivity index (χ1) is 7.78. The minimum absolute atomic E-state index is 0.0122. The lowest BCUT2D eigenvalue weighted by Gasteiger charge is -1.99. The third-order valence-corrected chi connectivity index (χ3v) is 4.24. The number of hydrogen-bond acceptors (Lipinski definition) is 4. The van der Waals surface area contributed by atoms with Crippen molar-refractivity contribution in [1.29, 1.82) is 0 Å². The van der Waals surface area contributed by atoms with Gasteiger partial charge in [0.1, 0.15) is 5.01 Å². The van der Waals surface area contributed by atoms with Crippen LogP contribution in [0, 0.1) is 0 Å². The van der Waals surface area contributed by atoms with Gasteiger partial charge < -0.3 is 5.11 Å². The fraction of sp³-hybridized carbons (Fsp3) is 0.182. The van der Waals surface area contributed by atoms with Gasteiger partial charge in [0, 0.05) is 15.3 Å². The van der Waals surface area contributed by atoms with Crippen LogP contribution in [-0.4, -0.2) is 10.1 Å². The molecule has 84 valence electrons. The van der Waals surface area contributed by atoms with Crippen molar-refractivity contribution in [2.45, 2.75) is 17.3 Å². The van der Waals surface area contributed by atoms with E-state index in [0.29, 0.717) is 0 Å². The molecule has 0 bridgehead atoms. The quantitative estimate of drug-likeness (QED) is 0.863. The number of halogens is 1. The van der Waals surface area contributed by atoms with Crippen molar-refractivity contribution in [2.75, 3.05) is 0 Å². The fourth-order valence-corrected chi connectivity index (χ4v) is 3.20. The molecule has 1 N–H and O–H groups in total. The van der Waals surface area contributed by atoms with Crippen LogP contribution >= 0.6 is 34.7 Å². The Morgan fingerprint density at radius 2 is 2.31 bits per heavy atom. The SMILES string of the molecule is OCc1csc(CSc2cccc(Cl)c2)n1. The highest BCUT2D eigenvalue weighted by Gasteiger charge is 2.02. The van der Waals surface area contributed by atoms with Crippen LogP contribution < -0.4 is 0 Å². The highest BCUT2D eigenvalue weighted by Crippen LogP contribution is 2.26. The molecular formula is C11H10ClNOS2. The second kappa shape index (κ2) is 5.68. The third kappa shape index (κ3) is 3.22. The van der Waals surface area contributed by atoms with E-state index >= 15 is 0 Å². The second-order valence-corrected chi connectivity index (χ2v) is 5.56. The van der Waals surface area contributed by atoms with Gasteiger partial charge in [-0.25, -0.2) is 4.98 Å². The summed E-state index contributed by atoms with van der Waals surface area (Å²) in [7, 11) is 0. The molecule has 0 spiro atoms. The largest absolute Gasteiger partial charge is 0.390 e. The number of aliphatic hydroxyl groups is 1. The van der Waals surface area contributed by atoms with Crippen molar-refractivity contribution < 1.29 is 5.11 Å². The minimum atomic E-state index is 0.0122. The van der Waals surface area contributed by atoms with E-state index in [1.807, 2.05) is 29.6 Å². The molecule has 1 aromatic carbocycles. The molecular weight excluding hydrogens is 262 g/mol. The summed E-state index contributed by atoms with van der Waals surface area (Å²) >= 11 is 9.16. The van der Waals surface area contributed by atoms with Crippen molar-refractivity contribution in [1.82, 2.24) is 4.98 Å². The summed E-state index contributed by atoms with van der Waals surface area (Å²) in [6, 6.07) is 7.76. The Labute approximate surface area is 107 Å². The number of aromatic nitrogens is 1. The van der Waals surface area contributed by atoms with E-state index in [1.165, 1.54) is 0 Å². The minimum Gasteiger partial charge on any atom is -0.390 e. The van der Waals surface area contributed by atoms with Gasteiger partial charge in [-0.15, -0.1) is 23.1 Å². The maximum atomic E-state index is 8.89. The number of nitrogens with zero attached hydrogens (tertiary/aromatic N) is 1. The Morgan fingerprint density at radius 1 is 1.44 bits per heavy atom. The first-order valence-corrected chi connectivity index (χ1v) is 6.95. The van der Waals surface area contributed by atoms with Crippen LogP contribution in [0.1, 0.15) is 10.7 Å². The van der Waals surface area contributed by atoms with Crippen molar-refractivity contribution >= 4 is 34.7 Å². The van der Waals surface area contributed by atoms with E-state index in [2.05, 4.69) is 4.98 Å². The molecule has 2 rings (SSSR count). The second-order valence-electron chi connectivity index (χ2n) is 3.14. The van der Waals surface area contributed by atoms with Gasteiger partial charge in [-0.2, -0.15) is 0 Å². The van der Waals surface area contributed by atoms with Crippen LogP contribution in [0.4, 0.5) is 0 Å². The van der Waals surface area contributed by atoms with Gasteiger partial charge in [-0.1, -0.05) is 17.7 Å².